The van der Waals surface area contributed by atoms with Gasteiger partial charge >= 0.3 is 0 Å². The minimum Gasteiger partial charge on any atom is -0.494 e. The topological polar surface area (TPSA) is 110 Å². The van der Waals surface area contributed by atoms with Gasteiger partial charge < -0.3 is 14.2 Å². The average molecular weight is 383 g/mol. The maximum atomic E-state index is 12.0. The summed E-state index contributed by atoms with van der Waals surface area (Å²) in [5.41, 5.74) is 5.02. The van der Waals surface area contributed by atoms with Crippen molar-refractivity contribution in [3.63, 3.8) is 0 Å². The Labute approximate surface area is 163 Å². The van der Waals surface area contributed by atoms with Gasteiger partial charge in [0.25, 0.3) is 11.8 Å². The molecule has 0 spiro atoms. The van der Waals surface area contributed by atoms with Crippen LogP contribution in [0.25, 0.3) is 0 Å². The van der Waals surface area contributed by atoms with Crippen molar-refractivity contribution in [1.82, 2.24) is 10.9 Å². The first-order valence-corrected chi connectivity index (χ1v) is 8.63. The molecule has 2 N–H and O–H groups in total. The number of hydrazine groups is 1. The third-order valence-corrected chi connectivity index (χ3v) is 3.50. The highest BCUT2D eigenvalue weighted by molar-refractivity contribution is 5.85. The summed E-state index contributed by atoms with van der Waals surface area (Å²) in [7, 11) is 0. The Bertz CT molecular complexity index is 828. The van der Waals surface area contributed by atoms with Crippen LogP contribution in [0.15, 0.2) is 48.5 Å². The van der Waals surface area contributed by atoms with E-state index in [0.29, 0.717) is 29.4 Å². The Morgan fingerprint density at radius 2 is 1.54 bits per heavy atom. The normalized spacial score (nSPS) is 10.9. The number of amides is 2. The molecular formula is C20H21N3O5. The van der Waals surface area contributed by atoms with Gasteiger partial charge in [0, 0.05) is 0 Å². The van der Waals surface area contributed by atoms with E-state index in [4.69, 9.17) is 19.5 Å². The zero-order chi connectivity index (χ0) is 20.4. The SMILES string of the molecule is CCOc1ccc(O[C@@H](C)C(=O)NNC(=O)COc2ccc(C#N)cc2)cc1. The molecule has 8 heteroatoms. The predicted octanol–water partition coefficient (Wildman–Crippen LogP) is 1.95. The summed E-state index contributed by atoms with van der Waals surface area (Å²) in [6.07, 6.45) is -0.822. The second-order valence-electron chi connectivity index (χ2n) is 5.63. The lowest BCUT2D eigenvalue weighted by molar-refractivity contribution is -0.133. The van der Waals surface area contributed by atoms with Crippen LogP contribution in [0.4, 0.5) is 0 Å². The number of nitrogens with one attached hydrogen (secondary N) is 2. The van der Waals surface area contributed by atoms with E-state index in [1.54, 1.807) is 55.5 Å². The van der Waals surface area contributed by atoms with Gasteiger partial charge in [-0.05, 0) is 62.4 Å². The van der Waals surface area contributed by atoms with Gasteiger partial charge in [-0.2, -0.15) is 5.26 Å². The molecule has 0 fully saturated rings. The zero-order valence-corrected chi connectivity index (χ0v) is 15.6. The molecule has 2 amide bonds. The molecular weight excluding hydrogens is 362 g/mol. The van der Waals surface area contributed by atoms with E-state index in [-0.39, 0.29) is 6.61 Å². The van der Waals surface area contributed by atoms with Crippen molar-refractivity contribution in [3.8, 4) is 23.3 Å². The second kappa shape index (κ2) is 10.4. The van der Waals surface area contributed by atoms with Crippen LogP contribution in [0.2, 0.25) is 0 Å². The number of nitriles is 1. The molecule has 2 aromatic carbocycles. The van der Waals surface area contributed by atoms with Gasteiger partial charge in [0.15, 0.2) is 12.7 Å². The van der Waals surface area contributed by atoms with Crippen LogP contribution in [0, 0.1) is 11.3 Å². The van der Waals surface area contributed by atoms with Gasteiger partial charge in [-0.1, -0.05) is 0 Å². The summed E-state index contributed by atoms with van der Waals surface area (Å²) in [4.78, 5) is 23.8. The van der Waals surface area contributed by atoms with Gasteiger partial charge in [-0.3, -0.25) is 20.4 Å². The van der Waals surface area contributed by atoms with Crippen molar-refractivity contribution >= 4 is 11.8 Å². The number of ether oxygens (including phenoxy) is 3. The Balaban J connectivity index is 1.72. The molecule has 0 unspecified atom stereocenters. The number of rotatable bonds is 8. The Morgan fingerprint density at radius 1 is 0.964 bits per heavy atom. The lowest BCUT2D eigenvalue weighted by Gasteiger charge is -2.15. The lowest BCUT2D eigenvalue weighted by atomic mass is 10.2. The van der Waals surface area contributed by atoms with Gasteiger partial charge in [0.05, 0.1) is 18.2 Å². The van der Waals surface area contributed by atoms with Crippen LogP contribution in [0.5, 0.6) is 17.2 Å². The highest BCUT2D eigenvalue weighted by atomic mass is 16.5. The van der Waals surface area contributed by atoms with Gasteiger partial charge in [-0.15, -0.1) is 0 Å². The monoisotopic (exact) mass is 383 g/mol. The molecule has 0 heterocycles. The maximum Gasteiger partial charge on any atom is 0.279 e. The Morgan fingerprint density at radius 3 is 2.14 bits per heavy atom. The number of hydrogen-bond donors (Lipinski definition) is 2. The van der Waals surface area contributed by atoms with Crippen LogP contribution >= 0.6 is 0 Å². The first kappa shape index (κ1) is 20.6. The third-order valence-electron chi connectivity index (χ3n) is 3.50. The Kier molecular flexibility index (Phi) is 7.66. The molecule has 0 aliphatic rings. The molecule has 146 valence electrons. The number of benzene rings is 2. The van der Waals surface area contributed by atoms with Crippen LogP contribution < -0.4 is 25.1 Å². The Hall–Kier alpha value is -3.73. The third kappa shape index (κ3) is 6.53. The lowest BCUT2D eigenvalue weighted by Crippen LogP contribution is -2.48. The van der Waals surface area contributed by atoms with E-state index in [0.717, 1.165) is 0 Å². The van der Waals surface area contributed by atoms with E-state index >= 15 is 0 Å². The molecule has 0 saturated carbocycles. The van der Waals surface area contributed by atoms with Crippen LogP contribution in [-0.2, 0) is 9.59 Å². The van der Waals surface area contributed by atoms with Crippen LogP contribution in [0.3, 0.4) is 0 Å². The molecule has 1 atom stereocenters. The molecule has 0 radical (unpaired) electrons. The standard InChI is InChI=1S/C20H21N3O5/c1-3-26-16-8-10-18(11-9-16)28-14(2)20(25)23-22-19(24)13-27-17-6-4-15(12-21)5-7-17/h4-11,14H,3,13H2,1-2H3,(H,22,24)(H,23,25)/t14-/m0/s1. The number of carbonyl (C=O) groups is 2. The van der Waals surface area contributed by atoms with E-state index in [2.05, 4.69) is 10.9 Å². The highest BCUT2D eigenvalue weighted by Gasteiger charge is 2.15. The molecule has 0 aliphatic heterocycles. The summed E-state index contributed by atoms with van der Waals surface area (Å²) < 4.78 is 16.1. The fraction of sp³-hybridized carbons (Fsp3) is 0.250. The molecule has 28 heavy (non-hydrogen) atoms. The number of hydrogen-bond acceptors (Lipinski definition) is 6. The predicted molar refractivity (Wildman–Crippen MR) is 101 cm³/mol. The summed E-state index contributed by atoms with van der Waals surface area (Å²) in [5.74, 6) is 0.599. The summed E-state index contributed by atoms with van der Waals surface area (Å²) >= 11 is 0. The van der Waals surface area contributed by atoms with E-state index in [1.165, 1.54) is 0 Å². The summed E-state index contributed by atoms with van der Waals surface area (Å²) in [6.45, 7) is 3.72. The number of carbonyl (C=O) groups excluding carboxylic acids is 2. The van der Waals surface area contributed by atoms with E-state index in [9.17, 15) is 9.59 Å². The van der Waals surface area contributed by atoms with Gasteiger partial charge in [0.1, 0.15) is 17.2 Å². The summed E-state index contributed by atoms with van der Waals surface area (Å²) in [5, 5.41) is 8.73. The molecule has 0 aliphatic carbocycles. The minimum atomic E-state index is -0.822. The highest BCUT2D eigenvalue weighted by Crippen LogP contribution is 2.18. The molecule has 8 nitrogen and oxygen atoms in total. The zero-order valence-electron chi connectivity index (χ0n) is 15.6. The molecule has 0 aromatic heterocycles. The van der Waals surface area contributed by atoms with Crippen molar-refractivity contribution in [3.05, 3.63) is 54.1 Å². The average Bonchev–Trinajstić information content (AvgIpc) is 2.72. The first-order valence-electron chi connectivity index (χ1n) is 8.63. The van der Waals surface area contributed by atoms with E-state index in [1.807, 2.05) is 13.0 Å². The fourth-order valence-corrected chi connectivity index (χ4v) is 2.08. The molecule has 2 rings (SSSR count). The van der Waals surface area contributed by atoms with Crippen LogP contribution in [-0.4, -0.2) is 31.1 Å². The summed E-state index contributed by atoms with van der Waals surface area (Å²) in [6, 6.07) is 15.2. The van der Waals surface area contributed by atoms with Crippen molar-refractivity contribution in [2.24, 2.45) is 0 Å². The van der Waals surface area contributed by atoms with E-state index < -0.39 is 17.9 Å². The van der Waals surface area contributed by atoms with Crippen LogP contribution in [0.1, 0.15) is 19.4 Å². The molecule has 0 bridgehead atoms. The molecule has 2 aromatic rings. The first-order chi connectivity index (χ1) is 13.5. The minimum absolute atomic E-state index is 0.291. The quantitative estimate of drug-likeness (QED) is 0.674. The molecule has 0 saturated heterocycles. The van der Waals surface area contributed by atoms with Crippen molar-refractivity contribution in [2.75, 3.05) is 13.2 Å². The fourth-order valence-electron chi connectivity index (χ4n) is 2.08. The smallest absolute Gasteiger partial charge is 0.279 e. The van der Waals surface area contributed by atoms with Crippen molar-refractivity contribution < 1.29 is 23.8 Å². The van der Waals surface area contributed by atoms with Crippen molar-refractivity contribution in [1.29, 1.82) is 5.26 Å². The van der Waals surface area contributed by atoms with Crippen molar-refractivity contribution in [2.45, 2.75) is 20.0 Å². The second-order valence-corrected chi connectivity index (χ2v) is 5.63. The maximum absolute atomic E-state index is 12.0. The number of nitrogens with zero attached hydrogens (tertiary/aromatic N) is 1. The van der Waals surface area contributed by atoms with Gasteiger partial charge in [0.2, 0.25) is 0 Å². The largest absolute Gasteiger partial charge is 0.494 e. The van der Waals surface area contributed by atoms with Gasteiger partial charge in [-0.25, -0.2) is 0 Å².